The Kier molecular flexibility index (Phi) is 4.77. The van der Waals surface area contributed by atoms with Crippen molar-refractivity contribution in [1.29, 1.82) is 0 Å². The molecule has 2 rings (SSSR count). The van der Waals surface area contributed by atoms with Crippen LogP contribution in [0.1, 0.15) is 0 Å². The number of benzene rings is 1. The molecule has 1 heterocycles. The molecule has 0 spiro atoms. The summed E-state index contributed by atoms with van der Waals surface area (Å²) in [6.07, 6.45) is -4.42. The number of halogens is 3. The molecule has 1 amide bonds. The Bertz CT molecular complexity index is 476. The summed E-state index contributed by atoms with van der Waals surface area (Å²) >= 11 is 1.59. The average Bonchev–Trinajstić information content (AvgIpc) is 2.90. The summed E-state index contributed by atoms with van der Waals surface area (Å²) in [4.78, 5) is 11.9. The molecular weight excluding hydrogens is 293 g/mol. The van der Waals surface area contributed by atoms with Gasteiger partial charge in [-0.25, -0.2) is 0 Å². The van der Waals surface area contributed by atoms with Gasteiger partial charge >= 0.3 is 6.18 Å². The maximum absolute atomic E-state index is 12.2. The smallest absolute Gasteiger partial charge is 0.422 e. The van der Waals surface area contributed by atoms with Gasteiger partial charge in [0.1, 0.15) is 5.75 Å². The number of thioether (sulfide) groups is 1. The van der Waals surface area contributed by atoms with E-state index in [-0.39, 0.29) is 23.4 Å². The van der Waals surface area contributed by atoms with Crippen molar-refractivity contribution in [2.45, 2.75) is 12.2 Å². The molecule has 1 fully saturated rings. The Morgan fingerprint density at radius 2 is 2.20 bits per heavy atom. The largest absolute Gasteiger partial charge is 0.482 e. The number of ether oxygens (including phenoxy) is 1. The molecule has 2 N–H and O–H groups in total. The number of amides is 1. The third-order valence-corrected chi connectivity index (χ3v) is 3.51. The van der Waals surface area contributed by atoms with Crippen LogP contribution in [0.15, 0.2) is 24.3 Å². The van der Waals surface area contributed by atoms with E-state index in [9.17, 15) is 18.0 Å². The van der Waals surface area contributed by atoms with Crippen molar-refractivity contribution in [3.05, 3.63) is 24.3 Å². The van der Waals surface area contributed by atoms with Crippen molar-refractivity contribution in [2.75, 3.05) is 23.6 Å². The van der Waals surface area contributed by atoms with Crippen molar-refractivity contribution in [3.8, 4) is 5.75 Å². The van der Waals surface area contributed by atoms with Gasteiger partial charge in [-0.2, -0.15) is 13.2 Å². The number of hydrogen-bond donors (Lipinski definition) is 2. The summed E-state index contributed by atoms with van der Waals surface area (Å²) in [5.41, 5.74) is 0.237. The van der Waals surface area contributed by atoms with Crippen LogP contribution in [-0.4, -0.2) is 36.4 Å². The first-order valence-corrected chi connectivity index (χ1v) is 7.02. The zero-order valence-electron chi connectivity index (χ0n) is 10.4. The molecule has 0 radical (unpaired) electrons. The van der Waals surface area contributed by atoms with Gasteiger partial charge in [0.15, 0.2) is 6.61 Å². The standard InChI is InChI=1S/C12H13F3N2O2S/c13-12(14,15)6-19-10-4-2-1-3-8(10)17-11(18)9-5-20-7-16-9/h1-4,9,16H,5-7H2,(H,17,18). The fourth-order valence-electron chi connectivity index (χ4n) is 1.64. The average molecular weight is 306 g/mol. The second-order valence-corrected chi connectivity index (χ2v) is 5.19. The zero-order valence-corrected chi connectivity index (χ0v) is 11.2. The third-order valence-electron chi connectivity index (χ3n) is 2.57. The van der Waals surface area contributed by atoms with E-state index < -0.39 is 12.8 Å². The van der Waals surface area contributed by atoms with Gasteiger partial charge in [0.25, 0.3) is 0 Å². The first-order chi connectivity index (χ1) is 9.46. The number of hydrogen-bond acceptors (Lipinski definition) is 4. The molecule has 1 aromatic carbocycles. The molecule has 0 bridgehead atoms. The van der Waals surface area contributed by atoms with Crippen LogP contribution >= 0.6 is 11.8 Å². The highest BCUT2D eigenvalue weighted by Crippen LogP contribution is 2.26. The van der Waals surface area contributed by atoms with Crippen molar-refractivity contribution < 1.29 is 22.7 Å². The highest BCUT2D eigenvalue weighted by atomic mass is 32.2. The van der Waals surface area contributed by atoms with Crippen LogP contribution in [0, 0.1) is 0 Å². The normalized spacial score (nSPS) is 18.9. The maximum atomic E-state index is 12.2. The number of alkyl halides is 3. The van der Waals surface area contributed by atoms with E-state index in [1.165, 1.54) is 12.1 Å². The van der Waals surface area contributed by atoms with Crippen molar-refractivity contribution in [2.24, 2.45) is 0 Å². The van der Waals surface area contributed by atoms with Crippen LogP contribution in [0.5, 0.6) is 5.75 Å². The molecule has 20 heavy (non-hydrogen) atoms. The fourth-order valence-corrected chi connectivity index (χ4v) is 2.58. The summed E-state index contributed by atoms with van der Waals surface area (Å²) in [5, 5.41) is 5.56. The SMILES string of the molecule is O=C(Nc1ccccc1OCC(F)(F)F)C1CSCN1. The quantitative estimate of drug-likeness (QED) is 0.895. The van der Waals surface area contributed by atoms with E-state index in [1.807, 2.05) is 0 Å². The van der Waals surface area contributed by atoms with E-state index in [4.69, 9.17) is 4.74 Å². The summed E-state index contributed by atoms with van der Waals surface area (Å²) in [6, 6.07) is 5.72. The lowest BCUT2D eigenvalue weighted by Gasteiger charge is -2.15. The number of anilines is 1. The second-order valence-electron chi connectivity index (χ2n) is 4.16. The van der Waals surface area contributed by atoms with Crippen molar-refractivity contribution in [3.63, 3.8) is 0 Å². The van der Waals surface area contributed by atoms with E-state index in [0.29, 0.717) is 11.6 Å². The molecule has 1 saturated heterocycles. The van der Waals surface area contributed by atoms with Gasteiger partial charge in [-0.3, -0.25) is 10.1 Å². The second kappa shape index (κ2) is 6.36. The Morgan fingerprint density at radius 1 is 1.45 bits per heavy atom. The van der Waals surface area contributed by atoms with Gasteiger partial charge in [0, 0.05) is 11.6 Å². The molecule has 110 valence electrons. The molecule has 1 aliphatic heterocycles. The Morgan fingerprint density at radius 3 is 2.85 bits per heavy atom. The van der Waals surface area contributed by atoms with Crippen LogP contribution in [0.4, 0.5) is 18.9 Å². The van der Waals surface area contributed by atoms with E-state index in [0.717, 1.165) is 0 Å². The summed E-state index contributed by atoms with van der Waals surface area (Å²) in [6.45, 7) is -1.39. The first kappa shape index (κ1) is 15.0. The van der Waals surface area contributed by atoms with E-state index in [1.54, 1.807) is 23.9 Å². The number of carbonyl (C=O) groups excluding carboxylic acids is 1. The van der Waals surface area contributed by atoms with Gasteiger partial charge in [-0.1, -0.05) is 12.1 Å². The van der Waals surface area contributed by atoms with Crippen LogP contribution in [-0.2, 0) is 4.79 Å². The molecule has 0 aliphatic carbocycles. The minimum atomic E-state index is -4.42. The minimum absolute atomic E-state index is 0.00354. The lowest BCUT2D eigenvalue weighted by Crippen LogP contribution is -2.37. The van der Waals surface area contributed by atoms with Gasteiger partial charge in [-0.15, -0.1) is 11.8 Å². The Hall–Kier alpha value is -1.41. The molecule has 1 aromatic rings. The molecule has 1 atom stereocenters. The number of rotatable bonds is 4. The molecule has 0 saturated carbocycles. The predicted octanol–water partition coefficient (Wildman–Crippen LogP) is 2.23. The highest BCUT2D eigenvalue weighted by Gasteiger charge is 2.29. The monoisotopic (exact) mass is 306 g/mol. The van der Waals surface area contributed by atoms with Crippen LogP contribution in [0.3, 0.4) is 0 Å². The molecule has 0 aromatic heterocycles. The van der Waals surface area contributed by atoms with Gasteiger partial charge in [0.2, 0.25) is 5.91 Å². The third kappa shape index (κ3) is 4.31. The maximum Gasteiger partial charge on any atom is 0.422 e. The van der Waals surface area contributed by atoms with Crippen LogP contribution in [0.25, 0.3) is 0 Å². The van der Waals surface area contributed by atoms with Crippen LogP contribution in [0.2, 0.25) is 0 Å². The summed E-state index contributed by atoms with van der Waals surface area (Å²) in [7, 11) is 0. The highest BCUT2D eigenvalue weighted by molar-refractivity contribution is 7.99. The lowest BCUT2D eigenvalue weighted by atomic mass is 10.2. The summed E-state index contributed by atoms with van der Waals surface area (Å²) in [5.74, 6) is 1.05. The van der Waals surface area contributed by atoms with E-state index in [2.05, 4.69) is 10.6 Å². The topological polar surface area (TPSA) is 50.4 Å². The van der Waals surface area contributed by atoms with Crippen molar-refractivity contribution in [1.82, 2.24) is 5.32 Å². The molecule has 4 nitrogen and oxygen atoms in total. The number of nitrogens with one attached hydrogen (secondary N) is 2. The fraction of sp³-hybridized carbons (Fsp3) is 0.417. The predicted molar refractivity (Wildman–Crippen MR) is 70.9 cm³/mol. The zero-order chi connectivity index (χ0) is 14.6. The lowest BCUT2D eigenvalue weighted by molar-refractivity contribution is -0.153. The molecular formula is C12H13F3N2O2S. The minimum Gasteiger partial charge on any atom is -0.482 e. The van der Waals surface area contributed by atoms with Gasteiger partial charge in [-0.05, 0) is 12.1 Å². The van der Waals surface area contributed by atoms with Gasteiger partial charge in [0.05, 0.1) is 11.7 Å². The van der Waals surface area contributed by atoms with Crippen LogP contribution < -0.4 is 15.4 Å². The molecule has 1 unspecified atom stereocenters. The Balaban J connectivity index is 2.01. The van der Waals surface area contributed by atoms with E-state index >= 15 is 0 Å². The summed E-state index contributed by atoms with van der Waals surface area (Å²) < 4.78 is 41.2. The molecule has 1 aliphatic rings. The Labute approximate surface area is 118 Å². The number of para-hydroxylation sites is 2. The number of carbonyl (C=O) groups is 1. The first-order valence-electron chi connectivity index (χ1n) is 5.86. The van der Waals surface area contributed by atoms with Crippen molar-refractivity contribution >= 4 is 23.4 Å². The van der Waals surface area contributed by atoms with Gasteiger partial charge < -0.3 is 10.1 Å². The molecule has 8 heteroatoms.